The summed E-state index contributed by atoms with van der Waals surface area (Å²) < 4.78 is 77.3. The normalized spacial score (nSPS) is 14.0. The number of rotatable bonds is 4. The van der Waals surface area contributed by atoms with Crippen molar-refractivity contribution in [3.8, 4) is 0 Å². The summed E-state index contributed by atoms with van der Waals surface area (Å²) in [6.45, 7) is 6.84. The molecule has 0 aliphatic carbocycles. The van der Waals surface area contributed by atoms with E-state index in [1.54, 1.807) is 0 Å². The molecule has 0 aliphatic heterocycles. The molecule has 11 heteroatoms. The first-order chi connectivity index (χ1) is 12.4. The summed E-state index contributed by atoms with van der Waals surface area (Å²) in [5, 5.41) is 20.2. The zero-order valence-electron chi connectivity index (χ0n) is 13.7. The second-order valence-corrected chi connectivity index (χ2v) is 5.67. The number of benzene rings is 1. The van der Waals surface area contributed by atoms with Crippen molar-refractivity contribution >= 4 is 5.82 Å². The van der Waals surface area contributed by atoms with Gasteiger partial charge in [-0.1, -0.05) is 6.57 Å². The van der Waals surface area contributed by atoms with Crippen molar-refractivity contribution in [3.63, 3.8) is 0 Å². The van der Waals surface area contributed by atoms with Crippen LogP contribution >= 0.6 is 0 Å². The van der Waals surface area contributed by atoms with Crippen LogP contribution in [0.2, 0.25) is 0 Å². The van der Waals surface area contributed by atoms with Crippen LogP contribution in [0.4, 0.5) is 32.2 Å². The van der Waals surface area contributed by atoms with Crippen LogP contribution in [0, 0.1) is 6.57 Å². The molecule has 0 amide bonds. The molecule has 2 aromatic rings. The molecule has 0 saturated carbocycles. The SMILES string of the molecule is [C-]#[N+]c1cc(C(O)CC(O)c2cc(C(F)(F)F)cc(C(F)(F)F)c2)ccn1.[Fe]. The molecule has 0 radical (unpaired) electrons. The van der Waals surface area contributed by atoms with E-state index < -0.39 is 47.7 Å². The fourth-order valence-corrected chi connectivity index (χ4v) is 2.36. The minimum Gasteiger partial charge on any atom is -0.388 e. The number of nitrogens with zero attached hydrogens (tertiary/aromatic N) is 2. The zero-order valence-corrected chi connectivity index (χ0v) is 14.8. The van der Waals surface area contributed by atoms with Crippen molar-refractivity contribution < 1.29 is 53.6 Å². The molecule has 0 saturated heterocycles. The Kier molecular flexibility index (Phi) is 7.62. The first-order valence-corrected chi connectivity index (χ1v) is 7.40. The number of alkyl halides is 6. The standard InChI is InChI=1S/C17H12F6N2O2.Fe/c1-24-15-6-9(2-3-25-15)13(26)8-14(27)10-4-11(16(18,19)20)7-12(5-10)17(21,22)23;/h2-7,13-14,26-27H,8H2;. The summed E-state index contributed by atoms with van der Waals surface area (Å²) >= 11 is 0. The predicted octanol–water partition coefficient (Wildman–Crippen LogP) is 4.82. The maximum absolute atomic E-state index is 12.9. The molecule has 1 aromatic heterocycles. The molecule has 0 spiro atoms. The smallest absolute Gasteiger partial charge is 0.388 e. The Bertz CT molecular complexity index is 832. The van der Waals surface area contributed by atoms with Gasteiger partial charge in [0, 0.05) is 23.5 Å². The molecular weight excluding hydrogens is 434 g/mol. The molecule has 0 aliphatic rings. The maximum atomic E-state index is 12.9. The third kappa shape index (κ3) is 5.94. The Hall–Kier alpha value is -2.12. The van der Waals surface area contributed by atoms with Gasteiger partial charge < -0.3 is 15.1 Å². The monoisotopic (exact) mass is 446 g/mol. The molecule has 2 atom stereocenters. The van der Waals surface area contributed by atoms with E-state index in [4.69, 9.17) is 6.57 Å². The van der Waals surface area contributed by atoms with Gasteiger partial charge in [0.15, 0.2) is 0 Å². The van der Waals surface area contributed by atoms with E-state index in [0.29, 0.717) is 12.1 Å². The first kappa shape index (κ1) is 23.9. The van der Waals surface area contributed by atoms with E-state index in [-0.39, 0.29) is 34.5 Å². The van der Waals surface area contributed by atoms with Gasteiger partial charge in [0.05, 0.1) is 23.3 Å². The van der Waals surface area contributed by atoms with Gasteiger partial charge in [0.1, 0.15) is 6.20 Å². The number of aromatic nitrogens is 1. The van der Waals surface area contributed by atoms with Gasteiger partial charge in [-0.05, 0) is 41.5 Å². The third-order valence-electron chi connectivity index (χ3n) is 3.71. The van der Waals surface area contributed by atoms with E-state index in [2.05, 4.69) is 9.83 Å². The molecule has 2 unspecified atom stereocenters. The summed E-state index contributed by atoms with van der Waals surface area (Å²) in [6.07, 6.45) is -12.7. The van der Waals surface area contributed by atoms with Crippen LogP contribution < -0.4 is 0 Å². The predicted molar refractivity (Wildman–Crippen MR) is 81.5 cm³/mol. The van der Waals surface area contributed by atoms with E-state index in [9.17, 15) is 36.6 Å². The Morgan fingerprint density at radius 1 is 0.893 bits per heavy atom. The minimum atomic E-state index is -5.04. The second kappa shape index (κ2) is 8.92. The average molecular weight is 446 g/mol. The Labute approximate surface area is 166 Å². The van der Waals surface area contributed by atoms with Crippen molar-refractivity contribution in [2.45, 2.75) is 31.0 Å². The molecule has 1 aromatic carbocycles. The van der Waals surface area contributed by atoms with Gasteiger partial charge in [-0.3, -0.25) is 0 Å². The fraction of sp³-hybridized carbons (Fsp3) is 0.294. The van der Waals surface area contributed by atoms with Gasteiger partial charge in [-0.2, -0.15) is 26.3 Å². The van der Waals surface area contributed by atoms with Crippen molar-refractivity contribution in [1.82, 2.24) is 4.98 Å². The largest absolute Gasteiger partial charge is 0.416 e. The van der Waals surface area contributed by atoms with E-state index in [1.165, 1.54) is 18.3 Å². The Morgan fingerprint density at radius 2 is 1.39 bits per heavy atom. The van der Waals surface area contributed by atoms with Crippen LogP contribution in [-0.4, -0.2) is 15.2 Å². The van der Waals surface area contributed by atoms with Gasteiger partial charge in [-0.25, -0.2) is 0 Å². The van der Waals surface area contributed by atoms with Crippen molar-refractivity contribution in [2.75, 3.05) is 0 Å². The molecule has 2 N–H and O–H groups in total. The molecule has 4 nitrogen and oxygen atoms in total. The number of hydrogen-bond acceptors (Lipinski definition) is 3. The molecule has 0 bridgehead atoms. The van der Waals surface area contributed by atoms with Gasteiger partial charge >= 0.3 is 12.4 Å². The number of aliphatic hydroxyl groups excluding tert-OH is 2. The maximum Gasteiger partial charge on any atom is 0.416 e. The molecule has 28 heavy (non-hydrogen) atoms. The molecule has 2 rings (SSSR count). The summed E-state index contributed by atoms with van der Waals surface area (Å²) in [6, 6.07) is 3.29. The molecule has 1 heterocycles. The van der Waals surface area contributed by atoms with Crippen LogP contribution in [0.5, 0.6) is 0 Å². The Morgan fingerprint density at radius 3 is 1.86 bits per heavy atom. The first-order valence-electron chi connectivity index (χ1n) is 7.40. The third-order valence-corrected chi connectivity index (χ3v) is 3.71. The molecular formula is C17H12F6FeN2O2. The summed E-state index contributed by atoms with van der Waals surface area (Å²) in [7, 11) is 0. The van der Waals surface area contributed by atoms with Gasteiger partial charge in [0.25, 0.3) is 5.82 Å². The van der Waals surface area contributed by atoms with Crippen LogP contribution in [0.15, 0.2) is 36.5 Å². The topological polar surface area (TPSA) is 57.7 Å². The van der Waals surface area contributed by atoms with Crippen molar-refractivity contribution in [3.05, 3.63) is 70.2 Å². The quantitative estimate of drug-likeness (QED) is 0.402. The number of halogens is 6. The van der Waals surface area contributed by atoms with Crippen LogP contribution in [0.3, 0.4) is 0 Å². The van der Waals surface area contributed by atoms with E-state index >= 15 is 0 Å². The number of hydrogen-bond donors (Lipinski definition) is 2. The summed E-state index contributed by atoms with van der Waals surface area (Å²) in [5.41, 5.74) is -3.59. The summed E-state index contributed by atoms with van der Waals surface area (Å²) in [4.78, 5) is 6.72. The van der Waals surface area contributed by atoms with E-state index in [0.717, 1.165) is 0 Å². The molecule has 152 valence electrons. The Balaban J connectivity index is 0.00000392. The van der Waals surface area contributed by atoms with Crippen LogP contribution in [0.25, 0.3) is 4.85 Å². The summed E-state index contributed by atoms with van der Waals surface area (Å²) in [5.74, 6) is -0.0560. The van der Waals surface area contributed by atoms with Crippen molar-refractivity contribution in [1.29, 1.82) is 0 Å². The molecule has 0 fully saturated rings. The van der Waals surface area contributed by atoms with Gasteiger partial charge in [0.2, 0.25) is 0 Å². The van der Waals surface area contributed by atoms with Crippen LogP contribution in [-0.2, 0) is 29.4 Å². The average Bonchev–Trinajstić information content (AvgIpc) is 2.59. The second-order valence-electron chi connectivity index (χ2n) is 5.67. The number of pyridine rings is 1. The minimum absolute atomic E-state index is 0. The van der Waals surface area contributed by atoms with E-state index in [1.807, 2.05) is 0 Å². The van der Waals surface area contributed by atoms with Crippen molar-refractivity contribution in [2.24, 2.45) is 0 Å². The van der Waals surface area contributed by atoms with Gasteiger partial charge in [-0.15, -0.1) is 4.98 Å². The fourth-order valence-electron chi connectivity index (χ4n) is 2.36. The van der Waals surface area contributed by atoms with Crippen LogP contribution in [0.1, 0.15) is 40.9 Å². The number of aliphatic hydroxyl groups is 2. The zero-order chi connectivity index (χ0) is 20.4.